The predicted octanol–water partition coefficient (Wildman–Crippen LogP) is 1.92. The lowest BCUT2D eigenvalue weighted by Gasteiger charge is -2.34. The first-order valence-electron chi connectivity index (χ1n) is 6.10. The zero-order valence-electron chi connectivity index (χ0n) is 10.8. The van der Waals surface area contributed by atoms with E-state index in [0.717, 1.165) is 19.0 Å². The van der Waals surface area contributed by atoms with Gasteiger partial charge in [-0.1, -0.05) is 0 Å². The maximum Gasteiger partial charge on any atom is 0.329 e. The first kappa shape index (κ1) is 14.4. The molecule has 20 heavy (non-hydrogen) atoms. The van der Waals surface area contributed by atoms with Gasteiger partial charge in [0.1, 0.15) is 6.20 Å². The quantitative estimate of drug-likeness (QED) is 0.364. The van der Waals surface area contributed by atoms with Crippen LogP contribution < -0.4 is 4.90 Å². The normalized spacial score (nSPS) is 18.7. The van der Waals surface area contributed by atoms with E-state index in [4.69, 9.17) is 16.3 Å². The maximum absolute atomic E-state index is 11.1. The Kier molecular flexibility index (Phi) is 4.33. The lowest BCUT2D eigenvalue weighted by atomic mass is 10.1. The van der Waals surface area contributed by atoms with E-state index in [9.17, 15) is 14.9 Å². The van der Waals surface area contributed by atoms with Gasteiger partial charge < -0.3 is 9.64 Å². The summed E-state index contributed by atoms with van der Waals surface area (Å²) < 4.78 is 5.19. The monoisotopic (exact) mass is 300 g/mol. The van der Waals surface area contributed by atoms with Crippen LogP contribution in [-0.2, 0) is 9.53 Å². The van der Waals surface area contributed by atoms with Gasteiger partial charge in [0.05, 0.1) is 4.92 Å². The summed E-state index contributed by atoms with van der Waals surface area (Å²) in [5.74, 6) is -0.356. The third-order valence-electron chi connectivity index (χ3n) is 2.94. The molecule has 0 N–H and O–H groups in total. The summed E-state index contributed by atoms with van der Waals surface area (Å²) in [7, 11) is 0. The van der Waals surface area contributed by atoms with Crippen LogP contribution in [0.15, 0.2) is 6.20 Å². The van der Waals surface area contributed by atoms with Crippen LogP contribution in [0, 0.1) is 10.1 Å². The third-order valence-corrected chi connectivity index (χ3v) is 3.12. The van der Waals surface area contributed by atoms with Crippen molar-refractivity contribution in [2.24, 2.45) is 0 Å². The Morgan fingerprint density at radius 3 is 3.00 bits per heavy atom. The van der Waals surface area contributed by atoms with Crippen molar-refractivity contribution in [1.29, 1.82) is 0 Å². The minimum Gasteiger partial charge on any atom is -0.442 e. The zero-order chi connectivity index (χ0) is 14.7. The zero-order valence-corrected chi connectivity index (χ0v) is 11.5. The van der Waals surface area contributed by atoms with Crippen molar-refractivity contribution in [1.82, 2.24) is 9.97 Å². The highest BCUT2D eigenvalue weighted by atomic mass is 35.5. The molecule has 1 aromatic heterocycles. The molecule has 0 saturated carbocycles. The number of carbonyl (C=O) groups is 1. The van der Waals surface area contributed by atoms with Crippen LogP contribution in [0.5, 0.6) is 0 Å². The van der Waals surface area contributed by atoms with E-state index in [2.05, 4.69) is 9.97 Å². The minimum absolute atomic E-state index is 0.0842. The van der Waals surface area contributed by atoms with E-state index in [1.54, 1.807) is 4.90 Å². The molecule has 1 aromatic rings. The lowest BCUT2D eigenvalue weighted by Crippen LogP contribution is -2.43. The van der Waals surface area contributed by atoms with E-state index >= 15 is 0 Å². The molecule has 0 aliphatic carbocycles. The highest BCUT2D eigenvalue weighted by Crippen LogP contribution is 2.31. The summed E-state index contributed by atoms with van der Waals surface area (Å²) in [6.07, 6.45) is 2.80. The first-order chi connectivity index (χ1) is 9.49. The van der Waals surface area contributed by atoms with Gasteiger partial charge in [-0.2, -0.15) is 4.98 Å². The molecule has 1 aliphatic rings. The second-order valence-electron chi connectivity index (χ2n) is 4.36. The number of piperidine rings is 1. The maximum atomic E-state index is 11.1. The van der Waals surface area contributed by atoms with Crippen molar-refractivity contribution < 1.29 is 14.5 Å². The Hall–Kier alpha value is -1.96. The number of anilines is 1. The molecule has 0 spiro atoms. The second kappa shape index (κ2) is 6.00. The summed E-state index contributed by atoms with van der Waals surface area (Å²) in [6, 6.07) is 0. The molecule has 1 fully saturated rings. The number of nitro groups is 1. The van der Waals surface area contributed by atoms with E-state index in [1.165, 1.54) is 6.92 Å². The van der Waals surface area contributed by atoms with Crippen LogP contribution in [0.3, 0.4) is 0 Å². The average molecular weight is 301 g/mol. The molecule has 0 amide bonds. The Bertz CT molecular complexity index is 539. The van der Waals surface area contributed by atoms with Gasteiger partial charge in [-0.05, 0) is 24.4 Å². The minimum atomic E-state index is -0.578. The van der Waals surface area contributed by atoms with Gasteiger partial charge in [-0.3, -0.25) is 14.9 Å². The smallest absolute Gasteiger partial charge is 0.329 e. The van der Waals surface area contributed by atoms with Crippen molar-refractivity contribution in [3.8, 4) is 0 Å². The standard InChI is InChI=1S/C11H13ClN4O4/c1-7(17)20-9-4-2-3-5-15(9)10-8(16(18)19)6-13-11(12)14-10/h6,9H,2-5H2,1H3/t9-/m1/s1. The molecule has 0 aromatic carbocycles. The summed E-state index contributed by atoms with van der Waals surface area (Å²) in [5.41, 5.74) is -0.256. The SMILES string of the molecule is CC(=O)O[C@@H]1CCCCN1c1nc(Cl)ncc1[N+](=O)[O-]. The van der Waals surface area contributed by atoms with Gasteiger partial charge >= 0.3 is 11.7 Å². The molecular weight excluding hydrogens is 288 g/mol. The summed E-state index contributed by atoms with van der Waals surface area (Å²) >= 11 is 5.71. The number of hydrogen-bond donors (Lipinski definition) is 0. The summed E-state index contributed by atoms with van der Waals surface area (Å²) in [5, 5.41) is 11.0. The van der Waals surface area contributed by atoms with Gasteiger partial charge in [0.25, 0.3) is 0 Å². The van der Waals surface area contributed by atoms with E-state index in [-0.39, 0.29) is 16.8 Å². The van der Waals surface area contributed by atoms with Crippen LogP contribution in [0.25, 0.3) is 0 Å². The van der Waals surface area contributed by atoms with Gasteiger partial charge in [0.15, 0.2) is 6.23 Å². The average Bonchev–Trinajstić information content (AvgIpc) is 2.38. The predicted molar refractivity (Wildman–Crippen MR) is 70.4 cm³/mol. The largest absolute Gasteiger partial charge is 0.442 e. The van der Waals surface area contributed by atoms with Crippen LogP contribution in [-0.4, -0.2) is 33.6 Å². The molecule has 0 unspecified atom stereocenters. The first-order valence-corrected chi connectivity index (χ1v) is 6.47. The van der Waals surface area contributed by atoms with Crippen LogP contribution >= 0.6 is 11.6 Å². The molecule has 0 radical (unpaired) electrons. The van der Waals surface area contributed by atoms with E-state index in [1.807, 2.05) is 0 Å². The number of halogens is 1. The van der Waals surface area contributed by atoms with Crippen molar-refractivity contribution in [2.45, 2.75) is 32.4 Å². The van der Waals surface area contributed by atoms with Gasteiger partial charge in [0, 0.05) is 19.9 Å². The van der Waals surface area contributed by atoms with Crippen LogP contribution in [0.4, 0.5) is 11.5 Å². The molecule has 108 valence electrons. The molecule has 2 heterocycles. The van der Waals surface area contributed by atoms with Crippen LogP contribution in [0.1, 0.15) is 26.2 Å². The Morgan fingerprint density at radius 2 is 2.35 bits per heavy atom. The molecule has 9 heteroatoms. The number of esters is 1. The number of aromatic nitrogens is 2. The molecule has 1 aliphatic heterocycles. The fraction of sp³-hybridized carbons (Fsp3) is 0.545. The molecular formula is C11H13ClN4O4. The van der Waals surface area contributed by atoms with E-state index < -0.39 is 17.1 Å². The molecule has 0 bridgehead atoms. The molecule has 1 saturated heterocycles. The van der Waals surface area contributed by atoms with Crippen LogP contribution in [0.2, 0.25) is 5.28 Å². The highest BCUT2D eigenvalue weighted by molar-refractivity contribution is 6.28. The van der Waals surface area contributed by atoms with Gasteiger partial charge in [-0.25, -0.2) is 4.98 Å². The van der Waals surface area contributed by atoms with Crippen molar-refractivity contribution in [3.05, 3.63) is 21.6 Å². The number of carbonyl (C=O) groups excluding carboxylic acids is 1. The number of nitrogens with zero attached hydrogens (tertiary/aromatic N) is 4. The molecule has 8 nitrogen and oxygen atoms in total. The third kappa shape index (κ3) is 3.13. The van der Waals surface area contributed by atoms with Crippen molar-refractivity contribution in [2.75, 3.05) is 11.4 Å². The Balaban J connectivity index is 2.38. The topological polar surface area (TPSA) is 98.5 Å². The fourth-order valence-electron chi connectivity index (χ4n) is 2.14. The lowest BCUT2D eigenvalue weighted by molar-refractivity contribution is -0.384. The van der Waals surface area contributed by atoms with Gasteiger partial charge in [0.2, 0.25) is 11.1 Å². The summed E-state index contributed by atoms with van der Waals surface area (Å²) in [6.45, 7) is 1.81. The highest BCUT2D eigenvalue weighted by Gasteiger charge is 2.31. The summed E-state index contributed by atoms with van der Waals surface area (Å²) in [4.78, 5) is 30.7. The molecule has 1 atom stereocenters. The van der Waals surface area contributed by atoms with Crippen molar-refractivity contribution in [3.63, 3.8) is 0 Å². The number of ether oxygens (including phenoxy) is 1. The number of rotatable bonds is 3. The molecule has 2 rings (SSSR count). The van der Waals surface area contributed by atoms with E-state index in [0.29, 0.717) is 13.0 Å². The second-order valence-corrected chi connectivity index (χ2v) is 4.70. The van der Waals surface area contributed by atoms with Crippen molar-refractivity contribution >= 4 is 29.1 Å². The Morgan fingerprint density at radius 1 is 1.60 bits per heavy atom. The van der Waals surface area contributed by atoms with Gasteiger partial charge in [-0.15, -0.1) is 0 Å². The number of hydrogen-bond acceptors (Lipinski definition) is 7. The Labute approximate surface area is 119 Å². The fourth-order valence-corrected chi connectivity index (χ4v) is 2.27.